The molecule has 5 heteroatoms. The van der Waals surface area contributed by atoms with Gasteiger partial charge in [-0.1, -0.05) is 121 Å². The first-order valence-corrected chi connectivity index (χ1v) is 17.1. The van der Waals surface area contributed by atoms with E-state index in [4.69, 9.17) is 18.8 Å². The molecular formula is C44H24N2O2S. The largest absolute Gasteiger partial charge is 0.455 e. The molecule has 4 heterocycles. The van der Waals surface area contributed by atoms with E-state index in [1.807, 2.05) is 24.3 Å². The Kier molecular flexibility index (Phi) is 5.51. The summed E-state index contributed by atoms with van der Waals surface area (Å²) in [6.07, 6.45) is 0. The highest BCUT2D eigenvalue weighted by molar-refractivity contribution is 7.26. The van der Waals surface area contributed by atoms with Crippen molar-refractivity contribution in [1.82, 2.24) is 9.97 Å². The van der Waals surface area contributed by atoms with Crippen molar-refractivity contribution in [2.24, 2.45) is 0 Å². The normalized spacial score (nSPS) is 12.1. The van der Waals surface area contributed by atoms with Crippen LogP contribution in [0.4, 0.5) is 0 Å². The lowest BCUT2D eigenvalue weighted by Gasteiger charge is -2.09. The molecular weight excluding hydrogens is 621 g/mol. The molecule has 0 bridgehead atoms. The topological polar surface area (TPSA) is 52.1 Å². The highest BCUT2D eigenvalue weighted by atomic mass is 32.1. The van der Waals surface area contributed by atoms with Gasteiger partial charge in [0.15, 0.2) is 5.82 Å². The number of fused-ring (bicyclic) bond motifs is 10. The van der Waals surface area contributed by atoms with Crippen LogP contribution in [0.2, 0.25) is 0 Å². The third-order valence-corrected chi connectivity index (χ3v) is 10.9. The van der Waals surface area contributed by atoms with E-state index >= 15 is 0 Å². The number of thiophene rings is 1. The van der Waals surface area contributed by atoms with Crippen LogP contribution in [-0.2, 0) is 0 Å². The van der Waals surface area contributed by atoms with Crippen molar-refractivity contribution in [2.45, 2.75) is 0 Å². The van der Waals surface area contributed by atoms with Crippen LogP contribution in [0, 0.1) is 0 Å². The first kappa shape index (κ1) is 26.7. The van der Waals surface area contributed by atoms with Gasteiger partial charge in [-0.15, -0.1) is 11.3 Å². The molecule has 0 unspecified atom stereocenters. The highest BCUT2D eigenvalue weighted by Crippen LogP contribution is 2.45. The summed E-state index contributed by atoms with van der Waals surface area (Å²) in [7, 11) is 0. The molecule has 0 aliphatic heterocycles. The highest BCUT2D eigenvalue weighted by Gasteiger charge is 2.23. The molecule has 0 fully saturated rings. The Morgan fingerprint density at radius 3 is 1.98 bits per heavy atom. The van der Waals surface area contributed by atoms with Gasteiger partial charge in [-0.05, 0) is 40.6 Å². The molecule has 0 amide bonds. The number of aromatic nitrogens is 2. The van der Waals surface area contributed by atoms with Gasteiger partial charge in [-0.25, -0.2) is 9.97 Å². The summed E-state index contributed by atoms with van der Waals surface area (Å²) in [6, 6.07) is 50.6. The van der Waals surface area contributed by atoms with Gasteiger partial charge < -0.3 is 8.83 Å². The Morgan fingerprint density at radius 1 is 0.429 bits per heavy atom. The lowest BCUT2D eigenvalue weighted by Crippen LogP contribution is -1.94. The van der Waals surface area contributed by atoms with Crippen molar-refractivity contribution in [1.29, 1.82) is 0 Å². The lowest BCUT2D eigenvalue weighted by atomic mass is 9.96. The van der Waals surface area contributed by atoms with Gasteiger partial charge >= 0.3 is 0 Å². The number of hydrogen-bond acceptors (Lipinski definition) is 5. The molecule has 0 radical (unpaired) electrons. The summed E-state index contributed by atoms with van der Waals surface area (Å²) in [4.78, 5) is 10.7. The monoisotopic (exact) mass is 644 g/mol. The molecule has 0 aliphatic carbocycles. The molecule has 0 saturated carbocycles. The van der Waals surface area contributed by atoms with Crippen molar-refractivity contribution >= 4 is 86.3 Å². The maximum Gasteiger partial charge on any atom is 0.161 e. The van der Waals surface area contributed by atoms with Crippen LogP contribution in [-0.4, -0.2) is 9.97 Å². The van der Waals surface area contributed by atoms with Crippen LogP contribution in [0.3, 0.4) is 0 Å². The molecule has 49 heavy (non-hydrogen) atoms. The summed E-state index contributed by atoms with van der Waals surface area (Å²) in [6.45, 7) is 0. The first-order valence-electron chi connectivity index (χ1n) is 16.3. The van der Waals surface area contributed by atoms with Crippen molar-refractivity contribution in [2.75, 3.05) is 0 Å². The molecule has 7 aromatic carbocycles. The molecule has 4 nitrogen and oxygen atoms in total. The van der Waals surface area contributed by atoms with Gasteiger partial charge in [-0.2, -0.15) is 0 Å². The van der Waals surface area contributed by atoms with Gasteiger partial charge in [0.1, 0.15) is 22.3 Å². The van der Waals surface area contributed by atoms with Gasteiger partial charge in [-0.3, -0.25) is 0 Å². The summed E-state index contributed by atoms with van der Waals surface area (Å²) in [5.41, 5.74) is 9.26. The fourth-order valence-corrected chi connectivity index (χ4v) is 8.68. The van der Waals surface area contributed by atoms with E-state index < -0.39 is 0 Å². The minimum absolute atomic E-state index is 0.656. The third-order valence-electron chi connectivity index (χ3n) is 9.72. The maximum absolute atomic E-state index is 6.73. The zero-order valence-corrected chi connectivity index (χ0v) is 26.8. The van der Waals surface area contributed by atoms with E-state index in [-0.39, 0.29) is 0 Å². The van der Waals surface area contributed by atoms with E-state index in [0.717, 1.165) is 87.4 Å². The zero-order valence-electron chi connectivity index (χ0n) is 26.0. The fourth-order valence-electron chi connectivity index (χ4n) is 7.53. The quantitative estimate of drug-likeness (QED) is 0.192. The SMILES string of the molecule is c1ccc2c(-c3cccc4c3oc3cccc(-c5nc(-c6cccc7c6oc6ccccc67)c6sc7ccccc7c6n5)c34)cccc2c1. The molecule has 0 aliphatic rings. The van der Waals surface area contributed by atoms with Crippen molar-refractivity contribution in [3.63, 3.8) is 0 Å². The first-order chi connectivity index (χ1) is 24.3. The predicted molar refractivity (Wildman–Crippen MR) is 203 cm³/mol. The Balaban J connectivity index is 1.22. The van der Waals surface area contributed by atoms with Crippen molar-refractivity contribution in [3.05, 3.63) is 146 Å². The molecule has 4 aromatic heterocycles. The van der Waals surface area contributed by atoms with Gasteiger partial charge in [0, 0.05) is 48.3 Å². The van der Waals surface area contributed by atoms with Crippen LogP contribution < -0.4 is 0 Å². The standard InChI is InChI=1S/C44H24N2O2S/c1-2-13-26-25(11-1)12-7-16-27(26)29-17-8-19-32-38-33(20-10-23-36(38)48-41(29)32)44-45-39-31-15-4-6-24-37(31)49-43(39)40(46-44)34-21-9-18-30-28-14-3-5-22-35(28)47-42(30)34/h1-24H. The minimum atomic E-state index is 0.656. The number of hydrogen-bond donors (Lipinski definition) is 0. The lowest BCUT2D eigenvalue weighted by molar-refractivity contribution is 0.669. The summed E-state index contributed by atoms with van der Waals surface area (Å²) in [5, 5.41) is 7.73. The van der Waals surface area contributed by atoms with Crippen LogP contribution in [0.5, 0.6) is 0 Å². The average Bonchev–Trinajstić information content (AvgIpc) is 3.85. The van der Waals surface area contributed by atoms with Crippen molar-refractivity contribution in [3.8, 4) is 33.8 Å². The Morgan fingerprint density at radius 2 is 1.04 bits per heavy atom. The van der Waals surface area contributed by atoms with Gasteiger partial charge in [0.25, 0.3) is 0 Å². The summed E-state index contributed by atoms with van der Waals surface area (Å²) < 4.78 is 15.5. The van der Waals surface area contributed by atoms with E-state index in [1.54, 1.807) is 11.3 Å². The molecule has 228 valence electrons. The summed E-state index contributed by atoms with van der Waals surface area (Å²) >= 11 is 1.73. The zero-order chi connectivity index (χ0) is 32.1. The van der Waals surface area contributed by atoms with E-state index in [2.05, 4.69) is 121 Å². The van der Waals surface area contributed by atoms with Crippen molar-refractivity contribution < 1.29 is 8.83 Å². The molecule has 0 spiro atoms. The molecule has 0 atom stereocenters. The maximum atomic E-state index is 6.73. The predicted octanol–water partition coefficient (Wildman–Crippen LogP) is 12.8. The second-order valence-corrected chi connectivity index (χ2v) is 13.5. The Labute approximate surface area is 283 Å². The number of rotatable bonds is 3. The van der Waals surface area contributed by atoms with E-state index in [1.165, 1.54) is 15.5 Å². The number of benzene rings is 7. The van der Waals surface area contributed by atoms with Crippen LogP contribution in [0.25, 0.3) is 109 Å². The Hall–Kier alpha value is -6.30. The smallest absolute Gasteiger partial charge is 0.161 e. The summed E-state index contributed by atoms with van der Waals surface area (Å²) in [5.74, 6) is 0.656. The number of furan rings is 2. The van der Waals surface area contributed by atoms with E-state index in [0.29, 0.717) is 5.82 Å². The molecule has 0 N–H and O–H groups in total. The molecule has 0 saturated heterocycles. The minimum Gasteiger partial charge on any atom is -0.455 e. The number of nitrogens with zero attached hydrogens (tertiary/aromatic N) is 2. The fraction of sp³-hybridized carbons (Fsp3) is 0. The second kappa shape index (κ2) is 10.1. The molecule has 11 aromatic rings. The third kappa shape index (κ3) is 3.85. The van der Waals surface area contributed by atoms with Gasteiger partial charge in [0.2, 0.25) is 0 Å². The van der Waals surface area contributed by atoms with Crippen LogP contribution >= 0.6 is 11.3 Å². The van der Waals surface area contributed by atoms with E-state index in [9.17, 15) is 0 Å². The number of para-hydroxylation sites is 3. The second-order valence-electron chi connectivity index (χ2n) is 12.4. The van der Waals surface area contributed by atoms with Gasteiger partial charge in [0.05, 0.1) is 15.9 Å². The Bertz CT molecular complexity index is 3120. The molecule has 11 rings (SSSR count). The average molecular weight is 645 g/mol. The van der Waals surface area contributed by atoms with Crippen LogP contribution in [0.15, 0.2) is 154 Å². The van der Waals surface area contributed by atoms with Crippen LogP contribution in [0.1, 0.15) is 0 Å².